The van der Waals surface area contributed by atoms with E-state index in [0.717, 1.165) is 27.8 Å². The van der Waals surface area contributed by atoms with Gasteiger partial charge in [-0.15, -0.1) is 0 Å². The quantitative estimate of drug-likeness (QED) is 0.553. The van der Waals surface area contributed by atoms with Gasteiger partial charge in [-0.2, -0.15) is 0 Å². The maximum atomic E-state index is 9.58. The number of nitrogens with zero attached hydrogens (tertiary/aromatic N) is 1. The third kappa shape index (κ3) is 3.08. The molecule has 0 aromatic heterocycles. The zero-order chi connectivity index (χ0) is 17.9. The highest BCUT2D eigenvalue weighted by atomic mass is 16.4. The number of fused-ring (bicyclic) bond motifs is 1. The Morgan fingerprint density at radius 1 is 0.615 bits per heavy atom. The lowest BCUT2D eigenvalue weighted by molar-refractivity contribution is 0.426. The molecule has 0 amide bonds. The summed E-state index contributed by atoms with van der Waals surface area (Å²) in [5, 5.41) is 21.4. The number of para-hydroxylation sites is 1. The predicted molar refractivity (Wildman–Crippen MR) is 108 cm³/mol. The van der Waals surface area contributed by atoms with Gasteiger partial charge in [0.2, 0.25) is 0 Å². The highest BCUT2D eigenvalue weighted by Gasteiger charge is 2.17. The third-order valence-electron chi connectivity index (χ3n) is 4.45. The minimum Gasteiger partial charge on any atom is -0.423 e. The number of hydrogen-bond donors (Lipinski definition) is 2. The van der Waals surface area contributed by atoms with Crippen LogP contribution < -0.4 is 10.4 Å². The fraction of sp³-hybridized carbons (Fsp3) is 0. The molecule has 126 valence electrons. The van der Waals surface area contributed by atoms with Gasteiger partial charge >= 0.3 is 7.12 Å². The summed E-state index contributed by atoms with van der Waals surface area (Å²) in [6.45, 7) is 0. The lowest BCUT2D eigenvalue weighted by Crippen LogP contribution is -2.30. The van der Waals surface area contributed by atoms with Crippen molar-refractivity contribution in [3.63, 3.8) is 0 Å². The van der Waals surface area contributed by atoms with Crippen molar-refractivity contribution in [2.45, 2.75) is 0 Å². The Kier molecular flexibility index (Phi) is 4.44. The van der Waals surface area contributed by atoms with Gasteiger partial charge < -0.3 is 14.9 Å². The molecule has 0 radical (unpaired) electrons. The van der Waals surface area contributed by atoms with Gasteiger partial charge in [-0.1, -0.05) is 66.7 Å². The topological polar surface area (TPSA) is 43.7 Å². The Balaban J connectivity index is 1.96. The van der Waals surface area contributed by atoms with E-state index >= 15 is 0 Å². The van der Waals surface area contributed by atoms with E-state index in [4.69, 9.17) is 0 Å². The van der Waals surface area contributed by atoms with Crippen molar-refractivity contribution in [1.82, 2.24) is 0 Å². The second kappa shape index (κ2) is 7.04. The lowest BCUT2D eigenvalue weighted by atomic mass is 9.80. The Morgan fingerprint density at radius 3 is 2.08 bits per heavy atom. The van der Waals surface area contributed by atoms with Gasteiger partial charge in [-0.05, 0) is 41.2 Å². The molecule has 0 saturated heterocycles. The standard InChI is InChI=1S/C22H18BNO2/c25-23(26)18-10-7-13-20(16-18)24(19-11-2-1-3-12-19)22-15-6-9-17-8-4-5-14-21(17)22/h1-16,25-26H. The second-order valence-electron chi connectivity index (χ2n) is 6.14. The van der Waals surface area contributed by atoms with E-state index in [2.05, 4.69) is 29.2 Å². The van der Waals surface area contributed by atoms with Crippen LogP contribution in [0.1, 0.15) is 0 Å². The highest BCUT2D eigenvalue weighted by molar-refractivity contribution is 6.58. The van der Waals surface area contributed by atoms with Gasteiger partial charge in [0.15, 0.2) is 0 Å². The van der Waals surface area contributed by atoms with Gasteiger partial charge in [0.1, 0.15) is 0 Å². The van der Waals surface area contributed by atoms with Crippen molar-refractivity contribution < 1.29 is 10.0 Å². The average Bonchev–Trinajstić information content (AvgIpc) is 2.69. The van der Waals surface area contributed by atoms with E-state index in [0.29, 0.717) is 5.46 Å². The third-order valence-corrected chi connectivity index (χ3v) is 4.45. The highest BCUT2D eigenvalue weighted by Crippen LogP contribution is 2.38. The zero-order valence-electron chi connectivity index (χ0n) is 14.2. The van der Waals surface area contributed by atoms with E-state index in [1.165, 1.54) is 0 Å². The van der Waals surface area contributed by atoms with E-state index in [-0.39, 0.29) is 0 Å². The molecule has 0 fully saturated rings. The van der Waals surface area contributed by atoms with Crippen molar-refractivity contribution in [3.8, 4) is 0 Å². The Hall–Kier alpha value is -3.08. The second-order valence-corrected chi connectivity index (χ2v) is 6.14. The van der Waals surface area contributed by atoms with Gasteiger partial charge in [0, 0.05) is 16.8 Å². The van der Waals surface area contributed by atoms with Crippen molar-refractivity contribution in [2.75, 3.05) is 4.90 Å². The first-order valence-electron chi connectivity index (χ1n) is 8.53. The maximum Gasteiger partial charge on any atom is 0.488 e. The largest absolute Gasteiger partial charge is 0.488 e. The summed E-state index contributed by atoms with van der Waals surface area (Å²) in [7, 11) is -1.50. The molecule has 3 nitrogen and oxygen atoms in total. The minimum atomic E-state index is -1.50. The lowest BCUT2D eigenvalue weighted by Gasteiger charge is -2.27. The van der Waals surface area contributed by atoms with Gasteiger partial charge in [-0.3, -0.25) is 0 Å². The summed E-state index contributed by atoms with van der Waals surface area (Å²) in [4.78, 5) is 2.13. The molecule has 26 heavy (non-hydrogen) atoms. The zero-order valence-corrected chi connectivity index (χ0v) is 14.2. The monoisotopic (exact) mass is 339 g/mol. The normalized spacial score (nSPS) is 10.7. The summed E-state index contributed by atoms with van der Waals surface area (Å²) < 4.78 is 0. The van der Waals surface area contributed by atoms with Crippen molar-refractivity contribution >= 4 is 40.4 Å². The summed E-state index contributed by atoms with van der Waals surface area (Å²) >= 11 is 0. The van der Waals surface area contributed by atoms with Crippen LogP contribution in [0.4, 0.5) is 17.1 Å². The first kappa shape index (κ1) is 16.4. The Morgan fingerprint density at radius 2 is 1.27 bits per heavy atom. The van der Waals surface area contributed by atoms with E-state index in [1.54, 1.807) is 12.1 Å². The van der Waals surface area contributed by atoms with Crippen LogP contribution in [-0.4, -0.2) is 17.2 Å². The summed E-state index contributed by atoms with van der Waals surface area (Å²) in [6, 6.07) is 31.9. The summed E-state index contributed by atoms with van der Waals surface area (Å²) in [5.74, 6) is 0. The predicted octanol–water partition coefficient (Wildman–Crippen LogP) is 3.99. The average molecular weight is 339 g/mol. The molecule has 0 heterocycles. The van der Waals surface area contributed by atoms with Gasteiger partial charge in [0.25, 0.3) is 0 Å². The van der Waals surface area contributed by atoms with Crippen molar-refractivity contribution in [2.24, 2.45) is 0 Å². The van der Waals surface area contributed by atoms with Crippen LogP contribution in [0.25, 0.3) is 10.8 Å². The van der Waals surface area contributed by atoms with Crippen LogP contribution >= 0.6 is 0 Å². The smallest absolute Gasteiger partial charge is 0.423 e. The number of anilines is 3. The maximum absolute atomic E-state index is 9.58. The molecular weight excluding hydrogens is 321 g/mol. The Bertz CT molecular complexity index is 1030. The first-order chi connectivity index (χ1) is 12.7. The Labute approximate surface area is 152 Å². The van der Waals surface area contributed by atoms with Crippen LogP contribution in [0.15, 0.2) is 97.1 Å². The molecule has 0 aliphatic carbocycles. The SMILES string of the molecule is OB(O)c1cccc(N(c2ccccc2)c2cccc3ccccc23)c1. The van der Waals surface area contributed by atoms with Crippen LogP contribution in [0.3, 0.4) is 0 Å². The minimum absolute atomic E-state index is 0.462. The van der Waals surface area contributed by atoms with E-state index in [9.17, 15) is 10.0 Å². The van der Waals surface area contributed by atoms with E-state index < -0.39 is 7.12 Å². The van der Waals surface area contributed by atoms with Crippen molar-refractivity contribution in [1.29, 1.82) is 0 Å². The van der Waals surface area contributed by atoms with Crippen LogP contribution in [-0.2, 0) is 0 Å². The first-order valence-corrected chi connectivity index (χ1v) is 8.53. The summed E-state index contributed by atoms with van der Waals surface area (Å²) in [5.41, 5.74) is 3.38. The molecule has 0 aliphatic heterocycles. The number of hydrogen-bond acceptors (Lipinski definition) is 3. The number of benzene rings is 4. The molecule has 2 N–H and O–H groups in total. The molecule has 0 atom stereocenters. The molecule has 4 aromatic rings. The molecule has 0 unspecified atom stereocenters. The molecule has 0 bridgehead atoms. The van der Waals surface area contributed by atoms with Gasteiger partial charge in [0.05, 0.1) is 5.69 Å². The van der Waals surface area contributed by atoms with E-state index in [1.807, 2.05) is 60.7 Å². The van der Waals surface area contributed by atoms with Crippen LogP contribution in [0.5, 0.6) is 0 Å². The molecule has 4 heteroatoms. The molecule has 0 aliphatic rings. The van der Waals surface area contributed by atoms with Crippen LogP contribution in [0.2, 0.25) is 0 Å². The summed E-state index contributed by atoms with van der Waals surface area (Å²) in [6.07, 6.45) is 0. The molecule has 4 aromatic carbocycles. The molecule has 4 rings (SSSR count). The fourth-order valence-electron chi connectivity index (χ4n) is 3.23. The molecule has 0 saturated carbocycles. The molecule has 0 spiro atoms. The van der Waals surface area contributed by atoms with Gasteiger partial charge in [-0.25, -0.2) is 0 Å². The molecular formula is C22H18BNO2. The van der Waals surface area contributed by atoms with Crippen LogP contribution in [0, 0.1) is 0 Å². The fourth-order valence-corrected chi connectivity index (χ4v) is 3.23. The number of rotatable bonds is 4. The van der Waals surface area contributed by atoms with Crippen molar-refractivity contribution in [3.05, 3.63) is 97.1 Å².